The highest BCUT2D eigenvalue weighted by Crippen LogP contribution is 2.35. The Hall–Kier alpha value is -4.26. The van der Waals surface area contributed by atoms with Crippen LogP contribution in [0.15, 0.2) is 152 Å². The molecule has 7 rings (SSSR count). The summed E-state index contributed by atoms with van der Waals surface area (Å²) >= 11 is 0. The third kappa shape index (κ3) is 10.8. The molecule has 2 aliphatic heterocycles. The summed E-state index contributed by atoms with van der Waals surface area (Å²) in [5.74, 6) is 0. The molecule has 56 heavy (non-hydrogen) atoms. The highest BCUT2D eigenvalue weighted by atomic mass is 16.8. The Balaban J connectivity index is 1.19. The van der Waals surface area contributed by atoms with E-state index in [1.54, 1.807) is 0 Å². The van der Waals surface area contributed by atoms with Crippen LogP contribution in [-0.4, -0.2) is 66.5 Å². The van der Waals surface area contributed by atoms with Crippen LogP contribution in [0.2, 0.25) is 0 Å². The molecule has 2 fully saturated rings. The maximum absolute atomic E-state index is 11.6. The SMILES string of the molecule is C[C@H]1O[C@H](O[C@H]2[C@H](OCc3ccccc3)[C@@H](OCc3ccccc3)[C@H](OCc3ccccc3)O[C@@H]2C)[C@H](OCc2ccccc2)[C@@H](OCc2ccccc2)[C@@H]1O. The number of rotatable bonds is 17. The number of hydrogen-bond acceptors (Lipinski definition) is 9. The second-order valence-electron chi connectivity index (χ2n) is 14.4. The lowest BCUT2D eigenvalue weighted by atomic mass is 9.96. The largest absolute Gasteiger partial charge is 0.388 e. The normalized spacial score (nSPS) is 27.8. The van der Waals surface area contributed by atoms with Gasteiger partial charge in [0.25, 0.3) is 0 Å². The fraction of sp³-hybridized carbons (Fsp3) is 0.362. The van der Waals surface area contributed by atoms with E-state index in [1.165, 1.54) is 0 Å². The first-order valence-electron chi connectivity index (χ1n) is 19.4. The quantitative estimate of drug-likeness (QED) is 0.102. The average Bonchev–Trinajstić information content (AvgIpc) is 3.24. The molecule has 2 heterocycles. The van der Waals surface area contributed by atoms with Crippen molar-refractivity contribution in [3.8, 4) is 0 Å². The molecule has 0 aliphatic carbocycles. The molecule has 1 N–H and O–H groups in total. The first-order valence-corrected chi connectivity index (χ1v) is 19.4. The van der Waals surface area contributed by atoms with Crippen molar-refractivity contribution < 1.29 is 43.0 Å². The monoisotopic (exact) mass is 760 g/mol. The third-order valence-corrected chi connectivity index (χ3v) is 10.2. The number of benzene rings is 5. The van der Waals surface area contributed by atoms with Gasteiger partial charge in [0.05, 0.1) is 45.2 Å². The van der Waals surface area contributed by atoms with Gasteiger partial charge >= 0.3 is 0 Å². The van der Waals surface area contributed by atoms with Gasteiger partial charge in [0.2, 0.25) is 0 Å². The Bertz CT molecular complexity index is 1830. The van der Waals surface area contributed by atoms with Crippen LogP contribution in [0.3, 0.4) is 0 Å². The van der Waals surface area contributed by atoms with Gasteiger partial charge < -0.3 is 43.0 Å². The molecule has 0 aromatic heterocycles. The smallest absolute Gasteiger partial charge is 0.187 e. The van der Waals surface area contributed by atoms with E-state index in [0.717, 1.165) is 27.8 Å². The molecule has 0 spiro atoms. The Kier molecular flexibility index (Phi) is 14.4. The summed E-state index contributed by atoms with van der Waals surface area (Å²) in [6.45, 7) is 5.20. The van der Waals surface area contributed by atoms with Crippen LogP contribution in [0.25, 0.3) is 0 Å². The number of ether oxygens (including phenoxy) is 8. The lowest BCUT2D eigenvalue weighted by Gasteiger charge is -2.49. The van der Waals surface area contributed by atoms with Gasteiger partial charge in [-0.3, -0.25) is 0 Å². The summed E-state index contributed by atoms with van der Waals surface area (Å²) in [5.41, 5.74) is 4.94. The van der Waals surface area contributed by atoms with E-state index >= 15 is 0 Å². The van der Waals surface area contributed by atoms with Gasteiger partial charge in [0.1, 0.15) is 36.6 Å². The maximum atomic E-state index is 11.6. The Morgan fingerprint density at radius 3 is 1.11 bits per heavy atom. The number of aliphatic hydroxyl groups is 1. The van der Waals surface area contributed by atoms with Crippen LogP contribution in [0, 0.1) is 0 Å². The van der Waals surface area contributed by atoms with Crippen LogP contribution in [0.1, 0.15) is 41.7 Å². The summed E-state index contributed by atoms with van der Waals surface area (Å²) < 4.78 is 53.3. The van der Waals surface area contributed by atoms with Gasteiger partial charge in [-0.25, -0.2) is 0 Å². The predicted octanol–water partition coefficient (Wildman–Crippen LogP) is 7.78. The zero-order chi connectivity index (χ0) is 38.5. The minimum Gasteiger partial charge on any atom is -0.388 e. The van der Waals surface area contributed by atoms with Crippen molar-refractivity contribution in [3.63, 3.8) is 0 Å². The van der Waals surface area contributed by atoms with Crippen LogP contribution >= 0.6 is 0 Å². The lowest BCUT2D eigenvalue weighted by Crippen LogP contribution is -2.64. The first kappa shape index (κ1) is 40.0. The molecule has 0 radical (unpaired) electrons. The van der Waals surface area contributed by atoms with Gasteiger partial charge in [-0.05, 0) is 41.7 Å². The lowest BCUT2D eigenvalue weighted by molar-refractivity contribution is -0.369. The van der Waals surface area contributed by atoms with Gasteiger partial charge in [0.15, 0.2) is 12.6 Å². The number of aliphatic hydroxyl groups excluding tert-OH is 1. The molecule has 0 bridgehead atoms. The van der Waals surface area contributed by atoms with Crippen LogP contribution in [0.5, 0.6) is 0 Å². The van der Waals surface area contributed by atoms with Crippen molar-refractivity contribution in [3.05, 3.63) is 179 Å². The minimum atomic E-state index is -0.984. The van der Waals surface area contributed by atoms with Crippen LogP contribution < -0.4 is 0 Å². The topological polar surface area (TPSA) is 94.1 Å². The molecular weight excluding hydrogens is 709 g/mol. The molecule has 2 saturated heterocycles. The van der Waals surface area contributed by atoms with Gasteiger partial charge in [-0.15, -0.1) is 0 Å². The fourth-order valence-electron chi connectivity index (χ4n) is 7.10. The maximum Gasteiger partial charge on any atom is 0.187 e. The zero-order valence-corrected chi connectivity index (χ0v) is 32.0. The van der Waals surface area contributed by atoms with Crippen molar-refractivity contribution in [1.82, 2.24) is 0 Å². The minimum absolute atomic E-state index is 0.254. The van der Waals surface area contributed by atoms with E-state index in [-0.39, 0.29) is 13.2 Å². The molecule has 9 heteroatoms. The summed E-state index contributed by atoms with van der Waals surface area (Å²) in [5, 5.41) is 11.6. The summed E-state index contributed by atoms with van der Waals surface area (Å²) in [7, 11) is 0. The second-order valence-corrected chi connectivity index (χ2v) is 14.4. The predicted molar refractivity (Wildman–Crippen MR) is 211 cm³/mol. The van der Waals surface area contributed by atoms with Crippen molar-refractivity contribution in [1.29, 1.82) is 0 Å². The fourth-order valence-corrected chi connectivity index (χ4v) is 7.10. The molecule has 0 unspecified atom stereocenters. The van der Waals surface area contributed by atoms with E-state index in [1.807, 2.05) is 166 Å². The van der Waals surface area contributed by atoms with Crippen LogP contribution in [0.4, 0.5) is 0 Å². The molecule has 10 atom stereocenters. The van der Waals surface area contributed by atoms with E-state index in [2.05, 4.69) is 0 Å². The Morgan fingerprint density at radius 1 is 0.375 bits per heavy atom. The molecular formula is C47H52O9. The van der Waals surface area contributed by atoms with Crippen molar-refractivity contribution in [2.75, 3.05) is 0 Å². The molecule has 5 aromatic carbocycles. The van der Waals surface area contributed by atoms with E-state index in [9.17, 15) is 5.11 Å². The van der Waals surface area contributed by atoms with E-state index < -0.39 is 61.4 Å². The summed E-state index contributed by atoms with van der Waals surface area (Å²) in [6.07, 6.45) is -7.57. The Labute approximate surface area is 330 Å². The highest BCUT2D eigenvalue weighted by Gasteiger charge is 2.52. The summed E-state index contributed by atoms with van der Waals surface area (Å²) in [4.78, 5) is 0. The summed E-state index contributed by atoms with van der Waals surface area (Å²) in [6, 6.07) is 49.7. The number of hydrogen-bond donors (Lipinski definition) is 1. The molecule has 5 aromatic rings. The van der Waals surface area contributed by atoms with Crippen LogP contribution in [-0.2, 0) is 70.9 Å². The zero-order valence-electron chi connectivity index (χ0n) is 32.0. The van der Waals surface area contributed by atoms with Gasteiger partial charge in [-0.2, -0.15) is 0 Å². The standard InChI is InChI=1S/C47H52O9/c1-33-40(48)42(49-28-35-18-8-3-9-19-35)44(51-30-37-22-12-5-13-23-37)47(54-33)56-41-34(2)55-46(53-32-39-26-16-7-17-27-39)45(52-31-38-24-14-6-15-25-38)43(41)50-29-36-20-10-4-11-21-36/h3-27,33-34,40-48H,28-32H2,1-2H3/t33-,34-,40-,41-,42+,43+,44-,45-,46-,47-/m1/s1. The Morgan fingerprint density at radius 2 is 0.696 bits per heavy atom. The van der Waals surface area contributed by atoms with Gasteiger partial charge in [-0.1, -0.05) is 152 Å². The van der Waals surface area contributed by atoms with Crippen molar-refractivity contribution >= 4 is 0 Å². The average molecular weight is 761 g/mol. The van der Waals surface area contributed by atoms with E-state index in [4.69, 9.17) is 37.9 Å². The molecule has 294 valence electrons. The molecule has 0 amide bonds. The van der Waals surface area contributed by atoms with E-state index in [0.29, 0.717) is 19.8 Å². The first-order chi connectivity index (χ1) is 27.5. The van der Waals surface area contributed by atoms with Crippen molar-refractivity contribution in [2.24, 2.45) is 0 Å². The van der Waals surface area contributed by atoms with Crippen molar-refractivity contribution in [2.45, 2.75) is 108 Å². The second kappa shape index (κ2) is 20.2. The van der Waals surface area contributed by atoms with Gasteiger partial charge in [0, 0.05) is 0 Å². The molecule has 0 saturated carbocycles. The molecule has 9 nitrogen and oxygen atoms in total. The third-order valence-electron chi connectivity index (χ3n) is 10.2. The highest BCUT2D eigenvalue weighted by molar-refractivity contribution is 5.17. The molecule has 2 aliphatic rings.